The average Bonchev–Trinajstić information content (AvgIpc) is 3.24. The Morgan fingerprint density at radius 1 is 0.968 bits per heavy atom. The first-order valence-corrected chi connectivity index (χ1v) is 10.6. The molecule has 160 valence electrons. The molecule has 31 heavy (non-hydrogen) atoms. The number of carbonyl (C=O) groups is 1. The Labute approximate surface area is 182 Å². The minimum atomic E-state index is -0.672. The summed E-state index contributed by atoms with van der Waals surface area (Å²) in [7, 11) is 0. The lowest BCUT2D eigenvalue weighted by molar-refractivity contribution is 0.1000. The van der Waals surface area contributed by atoms with Gasteiger partial charge in [0.05, 0.1) is 6.04 Å². The van der Waals surface area contributed by atoms with Crippen LogP contribution in [0.2, 0.25) is 0 Å². The van der Waals surface area contributed by atoms with Crippen molar-refractivity contribution in [3.05, 3.63) is 94.3 Å². The molecule has 1 saturated heterocycles. The Kier molecular flexibility index (Phi) is 6.05. The second kappa shape index (κ2) is 8.90. The number of amides is 1. The quantitative estimate of drug-likeness (QED) is 0.574. The van der Waals surface area contributed by atoms with Crippen LogP contribution in [0, 0.1) is 19.7 Å². The van der Waals surface area contributed by atoms with Crippen LogP contribution in [0.3, 0.4) is 0 Å². The van der Waals surface area contributed by atoms with Crippen LogP contribution in [0.25, 0.3) is 0 Å². The van der Waals surface area contributed by atoms with Crippen molar-refractivity contribution in [3.8, 4) is 11.5 Å². The minimum Gasteiger partial charge on any atom is -0.454 e. The Hall–Kier alpha value is -3.18. The maximum atomic E-state index is 14.6. The summed E-state index contributed by atoms with van der Waals surface area (Å²) in [6.45, 7) is 6.23. The van der Waals surface area contributed by atoms with E-state index in [0.717, 1.165) is 37.6 Å². The molecule has 1 aliphatic heterocycles. The van der Waals surface area contributed by atoms with Crippen molar-refractivity contribution < 1.29 is 13.9 Å². The molecule has 3 aromatic rings. The standard InChI is InChI=1S/C26H27FN2O2/c1-17-13-18(2)15-20(14-17)25(29-11-5-6-12-29)21-7-3-4-8-23(21)31-24-10-9-19(26(28)30)16-22(24)27/h3-4,7-10,13-16,25H,5-6,11-12H2,1-2H3,(H2,28,30). The van der Waals surface area contributed by atoms with Crippen molar-refractivity contribution in [1.82, 2.24) is 4.90 Å². The zero-order chi connectivity index (χ0) is 22.0. The van der Waals surface area contributed by atoms with Crippen LogP contribution in [0.15, 0.2) is 60.7 Å². The number of aryl methyl sites for hydroxylation is 2. The molecular formula is C26H27FN2O2. The van der Waals surface area contributed by atoms with E-state index >= 15 is 0 Å². The third kappa shape index (κ3) is 4.62. The first kappa shape index (κ1) is 21.1. The number of primary amides is 1. The van der Waals surface area contributed by atoms with E-state index < -0.39 is 11.7 Å². The highest BCUT2D eigenvalue weighted by Crippen LogP contribution is 2.39. The van der Waals surface area contributed by atoms with Gasteiger partial charge >= 0.3 is 0 Å². The fraction of sp³-hybridized carbons (Fsp3) is 0.269. The maximum absolute atomic E-state index is 14.6. The van der Waals surface area contributed by atoms with Crippen molar-refractivity contribution in [3.63, 3.8) is 0 Å². The fourth-order valence-electron chi connectivity index (χ4n) is 4.41. The van der Waals surface area contributed by atoms with E-state index in [4.69, 9.17) is 10.5 Å². The van der Waals surface area contributed by atoms with Gasteiger partial charge in [0.2, 0.25) is 5.91 Å². The smallest absolute Gasteiger partial charge is 0.248 e. The van der Waals surface area contributed by atoms with Gasteiger partial charge in [0.25, 0.3) is 0 Å². The summed E-state index contributed by atoms with van der Waals surface area (Å²) in [5.41, 5.74) is 10.00. The highest BCUT2D eigenvalue weighted by atomic mass is 19.1. The van der Waals surface area contributed by atoms with Gasteiger partial charge in [0.1, 0.15) is 5.75 Å². The highest BCUT2D eigenvalue weighted by molar-refractivity contribution is 5.92. The van der Waals surface area contributed by atoms with Crippen LogP contribution >= 0.6 is 0 Å². The molecule has 1 aliphatic rings. The van der Waals surface area contributed by atoms with E-state index in [1.165, 1.54) is 28.8 Å². The molecule has 0 aromatic heterocycles. The molecule has 1 fully saturated rings. The van der Waals surface area contributed by atoms with E-state index in [1.54, 1.807) is 0 Å². The number of hydrogen-bond donors (Lipinski definition) is 1. The lowest BCUT2D eigenvalue weighted by atomic mass is 9.93. The summed E-state index contributed by atoms with van der Waals surface area (Å²) in [6, 6.07) is 18.4. The summed E-state index contributed by atoms with van der Waals surface area (Å²) in [5.74, 6) is -0.618. The van der Waals surface area contributed by atoms with Gasteiger partial charge in [-0.15, -0.1) is 0 Å². The van der Waals surface area contributed by atoms with E-state index in [2.05, 4.69) is 36.9 Å². The number of hydrogen-bond acceptors (Lipinski definition) is 3. The molecule has 1 heterocycles. The predicted octanol–water partition coefficient (Wildman–Crippen LogP) is 5.52. The fourth-order valence-corrected chi connectivity index (χ4v) is 4.41. The molecule has 1 amide bonds. The first-order valence-electron chi connectivity index (χ1n) is 10.6. The van der Waals surface area contributed by atoms with Crippen LogP contribution in [0.4, 0.5) is 4.39 Å². The number of likely N-dealkylation sites (tertiary alicyclic amines) is 1. The molecule has 4 nitrogen and oxygen atoms in total. The van der Waals surface area contributed by atoms with E-state index in [-0.39, 0.29) is 17.4 Å². The lowest BCUT2D eigenvalue weighted by Crippen LogP contribution is -2.27. The molecular weight excluding hydrogens is 391 g/mol. The van der Waals surface area contributed by atoms with Gasteiger partial charge in [-0.25, -0.2) is 4.39 Å². The molecule has 0 spiro atoms. The molecule has 5 heteroatoms. The van der Waals surface area contributed by atoms with Gasteiger partial charge in [0, 0.05) is 11.1 Å². The predicted molar refractivity (Wildman–Crippen MR) is 120 cm³/mol. The number of nitrogens with two attached hydrogens (primary N) is 1. The molecule has 2 N–H and O–H groups in total. The molecule has 4 rings (SSSR count). The van der Waals surface area contributed by atoms with E-state index in [9.17, 15) is 9.18 Å². The highest BCUT2D eigenvalue weighted by Gasteiger charge is 2.28. The minimum absolute atomic E-state index is 0.0188. The summed E-state index contributed by atoms with van der Waals surface area (Å²) in [5, 5.41) is 0. The van der Waals surface area contributed by atoms with Crippen LogP contribution in [0.1, 0.15) is 51.5 Å². The van der Waals surface area contributed by atoms with Crippen LogP contribution in [-0.4, -0.2) is 23.9 Å². The van der Waals surface area contributed by atoms with Crippen molar-refractivity contribution in [2.45, 2.75) is 32.7 Å². The van der Waals surface area contributed by atoms with Crippen molar-refractivity contribution in [1.29, 1.82) is 0 Å². The zero-order valence-corrected chi connectivity index (χ0v) is 17.9. The van der Waals surface area contributed by atoms with Crippen molar-refractivity contribution in [2.75, 3.05) is 13.1 Å². The molecule has 1 atom stereocenters. The normalized spacial score (nSPS) is 15.1. The van der Waals surface area contributed by atoms with Gasteiger partial charge in [-0.3, -0.25) is 9.69 Å². The van der Waals surface area contributed by atoms with Crippen molar-refractivity contribution in [2.24, 2.45) is 5.73 Å². The topological polar surface area (TPSA) is 55.6 Å². The van der Waals surface area contributed by atoms with Crippen molar-refractivity contribution >= 4 is 5.91 Å². The van der Waals surface area contributed by atoms with Gasteiger partial charge in [-0.2, -0.15) is 0 Å². The number of ether oxygens (including phenoxy) is 1. The second-order valence-electron chi connectivity index (χ2n) is 8.22. The Morgan fingerprint density at radius 3 is 2.29 bits per heavy atom. The van der Waals surface area contributed by atoms with Gasteiger partial charge in [-0.05, 0) is 69.6 Å². The molecule has 0 radical (unpaired) electrons. The lowest BCUT2D eigenvalue weighted by Gasteiger charge is -2.30. The van der Waals surface area contributed by atoms with Crippen LogP contribution < -0.4 is 10.5 Å². The molecule has 1 unspecified atom stereocenters. The number of rotatable bonds is 6. The van der Waals surface area contributed by atoms with Gasteiger partial charge in [0.15, 0.2) is 11.6 Å². The third-order valence-corrected chi connectivity index (χ3v) is 5.72. The molecule has 0 bridgehead atoms. The maximum Gasteiger partial charge on any atom is 0.248 e. The Balaban J connectivity index is 1.76. The summed E-state index contributed by atoms with van der Waals surface area (Å²) in [6.07, 6.45) is 2.32. The van der Waals surface area contributed by atoms with Crippen LogP contribution in [0.5, 0.6) is 11.5 Å². The number of carbonyl (C=O) groups excluding carboxylic acids is 1. The molecule has 0 saturated carbocycles. The largest absolute Gasteiger partial charge is 0.454 e. The Bertz CT molecular complexity index is 1090. The number of para-hydroxylation sites is 1. The zero-order valence-electron chi connectivity index (χ0n) is 17.9. The monoisotopic (exact) mass is 418 g/mol. The van der Waals surface area contributed by atoms with E-state index in [0.29, 0.717) is 5.75 Å². The number of benzene rings is 3. The second-order valence-corrected chi connectivity index (χ2v) is 8.22. The van der Waals surface area contributed by atoms with E-state index in [1.807, 2.05) is 24.3 Å². The van der Waals surface area contributed by atoms with Crippen LogP contribution in [-0.2, 0) is 0 Å². The van der Waals surface area contributed by atoms with Gasteiger partial charge in [-0.1, -0.05) is 47.5 Å². The number of nitrogens with zero attached hydrogens (tertiary/aromatic N) is 1. The SMILES string of the molecule is Cc1cc(C)cc(C(c2ccccc2Oc2ccc(C(N)=O)cc2F)N2CCCC2)c1. The molecule has 3 aromatic carbocycles. The number of halogens is 1. The van der Waals surface area contributed by atoms with Gasteiger partial charge < -0.3 is 10.5 Å². The Morgan fingerprint density at radius 2 is 1.65 bits per heavy atom. The summed E-state index contributed by atoms with van der Waals surface area (Å²) in [4.78, 5) is 13.8. The summed E-state index contributed by atoms with van der Waals surface area (Å²) >= 11 is 0. The third-order valence-electron chi connectivity index (χ3n) is 5.72. The first-order chi connectivity index (χ1) is 14.9. The average molecular weight is 419 g/mol. The summed E-state index contributed by atoms with van der Waals surface area (Å²) < 4.78 is 20.7. The molecule has 0 aliphatic carbocycles.